The van der Waals surface area contributed by atoms with E-state index >= 15 is 0 Å². The Hall–Kier alpha value is -2.10. The summed E-state index contributed by atoms with van der Waals surface area (Å²) in [6.07, 6.45) is 6.00. The van der Waals surface area contributed by atoms with E-state index < -0.39 is 0 Å². The number of ether oxygens (including phenoxy) is 4. The van der Waals surface area contributed by atoms with Crippen LogP contribution in [0, 0.1) is 0 Å². The molecule has 1 aliphatic heterocycles. The molecular formula is C14H14O4. The van der Waals surface area contributed by atoms with E-state index in [4.69, 9.17) is 18.9 Å². The Kier molecular flexibility index (Phi) is 2.44. The van der Waals surface area contributed by atoms with Crippen molar-refractivity contribution >= 4 is 5.57 Å². The minimum absolute atomic E-state index is 0.0225. The van der Waals surface area contributed by atoms with Crippen LogP contribution in [0.2, 0.25) is 0 Å². The van der Waals surface area contributed by atoms with Crippen LogP contribution >= 0.6 is 0 Å². The van der Waals surface area contributed by atoms with Crippen LogP contribution in [0.1, 0.15) is 5.56 Å². The molecule has 1 aromatic carbocycles. The minimum atomic E-state index is -0.0225. The Morgan fingerprint density at radius 3 is 2.50 bits per heavy atom. The molecule has 0 radical (unpaired) electrons. The maximum Gasteiger partial charge on any atom is 0.204 e. The first kappa shape index (κ1) is 11.0. The molecule has 18 heavy (non-hydrogen) atoms. The largest absolute Gasteiger partial charge is 0.493 e. The first-order chi connectivity index (χ1) is 8.80. The van der Waals surface area contributed by atoms with Gasteiger partial charge in [-0.25, -0.2) is 0 Å². The van der Waals surface area contributed by atoms with Gasteiger partial charge in [0.15, 0.2) is 11.5 Å². The third-order valence-electron chi connectivity index (χ3n) is 3.20. The van der Waals surface area contributed by atoms with Gasteiger partial charge in [0.25, 0.3) is 0 Å². The number of benzene rings is 1. The minimum Gasteiger partial charge on any atom is -0.493 e. The van der Waals surface area contributed by atoms with Crippen molar-refractivity contribution in [2.75, 3.05) is 21.3 Å². The lowest BCUT2D eigenvalue weighted by Gasteiger charge is -2.15. The third-order valence-corrected chi connectivity index (χ3v) is 3.20. The monoisotopic (exact) mass is 246 g/mol. The zero-order valence-corrected chi connectivity index (χ0v) is 10.5. The Morgan fingerprint density at radius 1 is 1.06 bits per heavy atom. The molecule has 0 N–H and O–H groups in total. The lowest BCUT2D eigenvalue weighted by molar-refractivity contribution is 0.308. The number of rotatable bonds is 3. The Morgan fingerprint density at radius 2 is 1.83 bits per heavy atom. The molecular weight excluding hydrogens is 232 g/mol. The van der Waals surface area contributed by atoms with Crippen molar-refractivity contribution in [1.82, 2.24) is 0 Å². The second kappa shape index (κ2) is 3.98. The average Bonchev–Trinajstić information content (AvgIpc) is 2.96. The van der Waals surface area contributed by atoms with Gasteiger partial charge in [-0.1, -0.05) is 12.2 Å². The van der Waals surface area contributed by atoms with Gasteiger partial charge in [0, 0.05) is 11.6 Å². The highest BCUT2D eigenvalue weighted by Gasteiger charge is 2.35. The number of allylic oxidation sites excluding steroid dienone is 2. The molecule has 1 heterocycles. The number of hydrogen-bond acceptors (Lipinski definition) is 4. The van der Waals surface area contributed by atoms with Crippen LogP contribution in [0.5, 0.6) is 23.0 Å². The molecule has 0 spiro atoms. The van der Waals surface area contributed by atoms with Crippen LogP contribution in [0.3, 0.4) is 0 Å². The highest BCUT2D eigenvalue weighted by Crippen LogP contribution is 2.53. The summed E-state index contributed by atoms with van der Waals surface area (Å²) < 4.78 is 22.0. The molecule has 0 amide bonds. The first-order valence-electron chi connectivity index (χ1n) is 5.68. The Labute approximate surface area is 105 Å². The molecule has 0 aromatic heterocycles. The van der Waals surface area contributed by atoms with Gasteiger partial charge in [0.05, 0.1) is 26.9 Å². The topological polar surface area (TPSA) is 36.9 Å². The number of fused-ring (bicyclic) bond motifs is 3. The fourth-order valence-electron chi connectivity index (χ4n) is 2.42. The van der Waals surface area contributed by atoms with Crippen molar-refractivity contribution in [2.24, 2.45) is 0 Å². The van der Waals surface area contributed by atoms with Gasteiger partial charge in [-0.3, -0.25) is 0 Å². The highest BCUT2D eigenvalue weighted by atomic mass is 16.5. The van der Waals surface area contributed by atoms with Crippen molar-refractivity contribution in [3.63, 3.8) is 0 Å². The summed E-state index contributed by atoms with van der Waals surface area (Å²) in [6, 6.07) is 1.84. The summed E-state index contributed by atoms with van der Waals surface area (Å²) in [5, 5.41) is 0. The van der Waals surface area contributed by atoms with Crippen molar-refractivity contribution < 1.29 is 18.9 Å². The lowest BCUT2D eigenvalue weighted by Crippen LogP contribution is -2.04. The summed E-state index contributed by atoms with van der Waals surface area (Å²) in [5.41, 5.74) is 2.05. The second-order valence-corrected chi connectivity index (χ2v) is 4.06. The van der Waals surface area contributed by atoms with E-state index in [-0.39, 0.29) is 6.10 Å². The quantitative estimate of drug-likeness (QED) is 0.820. The van der Waals surface area contributed by atoms with Crippen LogP contribution < -0.4 is 18.9 Å². The van der Waals surface area contributed by atoms with Crippen LogP contribution in [0.15, 0.2) is 24.3 Å². The van der Waals surface area contributed by atoms with Crippen molar-refractivity contribution in [2.45, 2.75) is 6.10 Å². The van der Waals surface area contributed by atoms with Gasteiger partial charge in [0.1, 0.15) is 11.9 Å². The summed E-state index contributed by atoms with van der Waals surface area (Å²) in [7, 11) is 4.81. The number of methoxy groups -OCH3 is 3. The maximum absolute atomic E-state index is 5.84. The zero-order valence-electron chi connectivity index (χ0n) is 10.5. The van der Waals surface area contributed by atoms with Crippen LogP contribution in [0.4, 0.5) is 0 Å². The van der Waals surface area contributed by atoms with E-state index in [2.05, 4.69) is 0 Å². The van der Waals surface area contributed by atoms with Gasteiger partial charge < -0.3 is 18.9 Å². The van der Waals surface area contributed by atoms with Crippen molar-refractivity contribution in [3.8, 4) is 23.0 Å². The lowest BCUT2D eigenvalue weighted by atomic mass is 10.0. The molecule has 1 atom stereocenters. The summed E-state index contributed by atoms with van der Waals surface area (Å²) in [5.74, 6) is 2.63. The van der Waals surface area contributed by atoms with E-state index in [0.29, 0.717) is 17.2 Å². The van der Waals surface area contributed by atoms with Crippen LogP contribution in [-0.4, -0.2) is 27.4 Å². The first-order valence-corrected chi connectivity index (χ1v) is 5.68. The predicted octanol–water partition coefficient (Wildman–Crippen LogP) is 2.43. The Bertz CT molecular complexity index is 557. The molecule has 0 saturated heterocycles. The average molecular weight is 246 g/mol. The molecule has 1 aliphatic carbocycles. The van der Waals surface area contributed by atoms with Crippen LogP contribution in [0.25, 0.3) is 5.57 Å². The molecule has 0 fully saturated rings. The normalized spacial score (nSPS) is 18.8. The van der Waals surface area contributed by atoms with Crippen molar-refractivity contribution in [1.29, 1.82) is 0 Å². The SMILES string of the molecule is COc1cc2c(c(OC)c1OC)C1=CC=CC1O2. The molecule has 3 rings (SSSR count). The fraction of sp³-hybridized carbons (Fsp3) is 0.286. The second-order valence-electron chi connectivity index (χ2n) is 4.06. The summed E-state index contributed by atoms with van der Waals surface area (Å²) in [6.45, 7) is 0. The maximum atomic E-state index is 5.84. The van der Waals surface area contributed by atoms with Gasteiger partial charge in [-0.05, 0) is 6.08 Å². The van der Waals surface area contributed by atoms with Crippen molar-refractivity contribution in [3.05, 3.63) is 29.9 Å². The molecule has 2 aliphatic rings. The molecule has 94 valence electrons. The predicted molar refractivity (Wildman–Crippen MR) is 67.6 cm³/mol. The Balaban J connectivity index is 2.25. The van der Waals surface area contributed by atoms with E-state index in [1.54, 1.807) is 21.3 Å². The molecule has 0 saturated carbocycles. The smallest absolute Gasteiger partial charge is 0.204 e. The molecule has 0 bridgehead atoms. The third kappa shape index (κ3) is 1.32. The van der Waals surface area contributed by atoms with Gasteiger partial charge in [0.2, 0.25) is 5.75 Å². The van der Waals surface area contributed by atoms with Crippen LogP contribution in [-0.2, 0) is 0 Å². The highest BCUT2D eigenvalue weighted by molar-refractivity contribution is 5.88. The summed E-state index contributed by atoms with van der Waals surface area (Å²) >= 11 is 0. The molecule has 1 aromatic rings. The van der Waals surface area contributed by atoms with Gasteiger partial charge in [-0.15, -0.1) is 0 Å². The number of hydrogen-bond donors (Lipinski definition) is 0. The summed E-state index contributed by atoms with van der Waals surface area (Å²) in [4.78, 5) is 0. The van der Waals surface area contributed by atoms with E-state index in [1.165, 1.54) is 0 Å². The molecule has 4 nitrogen and oxygen atoms in total. The standard InChI is InChI=1S/C14H14O4/c1-15-11-7-10-12(14(17-3)13(11)16-2)8-5-4-6-9(8)18-10/h4-7,9H,1-3H3. The van der Waals surface area contributed by atoms with Gasteiger partial charge >= 0.3 is 0 Å². The van der Waals surface area contributed by atoms with E-state index in [0.717, 1.165) is 16.9 Å². The van der Waals surface area contributed by atoms with E-state index in [1.807, 2.05) is 24.3 Å². The van der Waals surface area contributed by atoms with Gasteiger partial charge in [-0.2, -0.15) is 0 Å². The van der Waals surface area contributed by atoms with E-state index in [9.17, 15) is 0 Å². The zero-order chi connectivity index (χ0) is 12.7. The molecule has 1 unspecified atom stereocenters. The fourth-order valence-corrected chi connectivity index (χ4v) is 2.42. The molecule has 4 heteroatoms.